The number of hydrogen-bond donors (Lipinski definition) is 0. The van der Waals surface area contributed by atoms with Crippen LogP contribution in [0, 0.1) is 0 Å². The Balaban J connectivity index is 3.43. The normalized spacial score (nSPS) is 12.5. The maximum absolute atomic E-state index is 6.00. The molecule has 90 valence electrons. The number of benzene rings is 1. The molecular formula is C13H13BrClNO. The minimum atomic E-state index is 0.647. The minimum absolute atomic E-state index is 0.647. The Morgan fingerprint density at radius 2 is 2.24 bits per heavy atom. The summed E-state index contributed by atoms with van der Waals surface area (Å²) >= 11 is 9.44. The molecule has 0 aliphatic heterocycles. The first kappa shape index (κ1) is 14.0. The molecule has 0 atom stereocenters. The van der Waals surface area contributed by atoms with Crippen LogP contribution in [0.1, 0.15) is 5.56 Å². The van der Waals surface area contributed by atoms with E-state index in [-0.39, 0.29) is 0 Å². The first-order valence-electron chi connectivity index (χ1n) is 4.92. The van der Waals surface area contributed by atoms with E-state index in [4.69, 9.17) is 16.3 Å². The summed E-state index contributed by atoms with van der Waals surface area (Å²) in [5.41, 5.74) is 1.76. The summed E-state index contributed by atoms with van der Waals surface area (Å²) in [7, 11) is 3.33. The van der Waals surface area contributed by atoms with Crippen LogP contribution < -0.4 is 4.74 Å². The number of methoxy groups -OCH3 is 1. The van der Waals surface area contributed by atoms with Crippen LogP contribution in [-0.4, -0.2) is 20.4 Å². The van der Waals surface area contributed by atoms with Crippen LogP contribution in [0.4, 0.5) is 0 Å². The van der Waals surface area contributed by atoms with Crippen LogP contribution in [0.3, 0.4) is 0 Å². The van der Waals surface area contributed by atoms with Gasteiger partial charge in [0.05, 0.1) is 7.11 Å². The number of aliphatic imine (C=N–C) groups is 1. The van der Waals surface area contributed by atoms with Crippen molar-refractivity contribution in [3.8, 4) is 5.75 Å². The number of allylic oxidation sites excluding steroid dienone is 3. The lowest BCUT2D eigenvalue weighted by molar-refractivity contribution is 0.413. The van der Waals surface area contributed by atoms with E-state index >= 15 is 0 Å². The molecule has 0 fully saturated rings. The zero-order valence-electron chi connectivity index (χ0n) is 9.71. The number of rotatable bonds is 4. The van der Waals surface area contributed by atoms with Crippen LogP contribution in [-0.2, 0) is 0 Å². The molecule has 0 radical (unpaired) electrons. The number of ether oxygens (including phenoxy) is 1. The maximum atomic E-state index is 6.00. The highest BCUT2D eigenvalue weighted by molar-refractivity contribution is 9.12. The Morgan fingerprint density at radius 1 is 1.53 bits per heavy atom. The van der Waals surface area contributed by atoms with Crippen molar-refractivity contribution in [3.05, 3.63) is 45.9 Å². The van der Waals surface area contributed by atoms with Crippen LogP contribution in [0.2, 0.25) is 5.02 Å². The van der Waals surface area contributed by atoms with Crippen molar-refractivity contribution in [2.75, 3.05) is 14.2 Å². The van der Waals surface area contributed by atoms with E-state index in [0.29, 0.717) is 5.02 Å². The molecule has 0 aliphatic carbocycles. The Kier molecular flexibility index (Phi) is 5.45. The standard InChI is InChI=1S/C13H13BrClNO/c1-4-10(12(14)8-16-2)11-7-9(15)5-6-13(11)17-3/h4-8H,1H2,2-3H3/b12-10-,16-8-. The molecule has 1 aromatic carbocycles. The van der Waals surface area contributed by atoms with Gasteiger partial charge >= 0.3 is 0 Å². The summed E-state index contributed by atoms with van der Waals surface area (Å²) in [5, 5.41) is 0.647. The molecule has 1 rings (SSSR count). The lowest BCUT2D eigenvalue weighted by atomic mass is 10.0. The van der Waals surface area contributed by atoms with Crippen LogP contribution in [0.15, 0.2) is 40.3 Å². The fourth-order valence-corrected chi connectivity index (χ4v) is 2.16. The fourth-order valence-electron chi connectivity index (χ4n) is 1.41. The maximum Gasteiger partial charge on any atom is 0.126 e. The first-order chi connectivity index (χ1) is 8.13. The average molecular weight is 315 g/mol. The van der Waals surface area contributed by atoms with Gasteiger partial charge in [0, 0.05) is 33.9 Å². The van der Waals surface area contributed by atoms with Gasteiger partial charge in [0.1, 0.15) is 5.75 Å². The third-order valence-electron chi connectivity index (χ3n) is 2.16. The van der Waals surface area contributed by atoms with Gasteiger partial charge in [0.2, 0.25) is 0 Å². The fraction of sp³-hybridized carbons (Fsp3) is 0.154. The van der Waals surface area contributed by atoms with Gasteiger partial charge in [-0.2, -0.15) is 0 Å². The monoisotopic (exact) mass is 313 g/mol. The molecule has 0 heterocycles. The summed E-state index contributed by atoms with van der Waals surface area (Å²) in [4.78, 5) is 3.96. The zero-order valence-corrected chi connectivity index (χ0v) is 12.0. The predicted molar refractivity (Wildman–Crippen MR) is 78.5 cm³/mol. The lowest BCUT2D eigenvalue weighted by Gasteiger charge is -2.10. The highest BCUT2D eigenvalue weighted by atomic mass is 79.9. The van der Waals surface area contributed by atoms with Gasteiger partial charge in [0.15, 0.2) is 0 Å². The van der Waals surface area contributed by atoms with Crippen molar-refractivity contribution in [2.45, 2.75) is 0 Å². The molecule has 1 aromatic rings. The van der Waals surface area contributed by atoms with Gasteiger partial charge in [-0.25, -0.2) is 0 Å². The van der Waals surface area contributed by atoms with Crippen molar-refractivity contribution >= 4 is 39.3 Å². The molecule has 0 aromatic heterocycles. The topological polar surface area (TPSA) is 21.6 Å². The summed E-state index contributed by atoms with van der Waals surface area (Å²) < 4.78 is 6.13. The van der Waals surface area contributed by atoms with Gasteiger partial charge in [-0.15, -0.1) is 0 Å². The number of nitrogens with zero attached hydrogens (tertiary/aromatic N) is 1. The van der Waals surface area contributed by atoms with Crippen molar-refractivity contribution in [3.63, 3.8) is 0 Å². The number of hydrogen-bond acceptors (Lipinski definition) is 2. The second-order valence-corrected chi connectivity index (χ2v) is 4.49. The van der Waals surface area contributed by atoms with E-state index in [1.54, 1.807) is 32.5 Å². The van der Waals surface area contributed by atoms with E-state index in [9.17, 15) is 0 Å². The molecule has 0 spiro atoms. The van der Waals surface area contributed by atoms with Crippen LogP contribution in [0.5, 0.6) is 5.75 Å². The highest BCUT2D eigenvalue weighted by Gasteiger charge is 2.09. The summed E-state index contributed by atoms with van der Waals surface area (Å²) in [5.74, 6) is 0.741. The molecule has 0 bridgehead atoms. The zero-order chi connectivity index (χ0) is 12.8. The lowest BCUT2D eigenvalue weighted by Crippen LogP contribution is -1.92. The Morgan fingerprint density at radius 3 is 2.76 bits per heavy atom. The Labute approximate surface area is 115 Å². The molecule has 0 aliphatic rings. The van der Waals surface area contributed by atoms with Crippen molar-refractivity contribution in [2.24, 2.45) is 4.99 Å². The van der Waals surface area contributed by atoms with Crippen LogP contribution >= 0.6 is 27.5 Å². The van der Waals surface area contributed by atoms with E-state index < -0.39 is 0 Å². The second kappa shape index (κ2) is 6.62. The van der Waals surface area contributed by atoms with Gasteiger partial charge in [-0.1, -0.05) is 24.3 Å². The van der Waals surface area contributed by atoms with Gasteiger partial charge in [-0.3, -0.25) is 4.99 Å². The first-order valence-corrected chi connectivity index (χ1v) is 6.09. The van der Waals surface area contributed by atoms with Crippen LogP contribution in [0.25, 0.3) is 5.57 Å². The van der Waals surface area contributed by atoms with E-state index in [0.717, 1.165) is 21.4 Å². The molecule has 0 saturated carbocycles. The molecule has 0 N–H and O–H groups in total. The highest BCUT2D eigenvalue weighted by Crippen LogP contribution is 2.32. The quantitative estimate of drug-likeness (QED) is 0.598. The molecule has 0 amide bonds. The largest absolute Gasteiger partial charge is 0.496 e. The predicted octanol–water partition coefficient (Wildman–Crippen LogP) is 4.34. The third kappa shape index (κ3) is 3.45. The molecule has 0 unspecified atom stereocenters. The smallest absolute Gasteiger partial charge is 0.126 e. The van der Waals surface area contributed by atoms with Gasteiger partial charge in [-0.05, 0) is 34.1 Å². The minimum Gasteiger partial charge on any atom is -0.496 e. The SMILES string of the molecule is C=C/C(=C(Br)\C=N/C)c1cc(Cl)ccc1OC. The average Bonchev–Trinajstić information content (AvgIpc) is 2.31. The summed E-state index contributed by atoms with van der Waals surface area (Å²) in [6.45, 7) is 3.80. The molecule has 0 saturated heterocycles. The van der Waals surface area contributed by atoms with Crippen molar-refractivity contribution < 1.29 is 4.74 Å². The second-order valence-electron chi connectivity index (χ2n) is 3.20. The number of halogens is 2. The van der Waals surface area contributed by atoms with Crippen molar-refractivity contribution in [1.29, 1.82) is 0 Å². The molecule has 2 nitrogen and oxygen atoms in total. The molecule has 17 heavy (non-hydrogen) atoms. The van der Waals surface area contributed by atoms with E-state index in [1.807, 2.05) is 12.1 Å². The van der Waals surface area contributed by atoms with Crippen molar-refractivity contribution in [1.82, 2.24) is 0 Å². The van der Waals surface area contributed by atoms with Gasteiger partial charge in [0.25, 0.3) is 0 Å². The summed E-state index contributed by atoms with van der Waals surface area (Å²) in [6, 6.07) is 5.44. The molecule has 4 heteroatoms. The van der Waals surface area contributed by atoms with E-state index in [2.05, 4.69) is 27.5 Å². The Hall–Kier alpha value is -1.06. The Bertz CT molecular complexity index is 480. The van der Waals surface area contributed by atoms with Gasteiger partial charge < -0.3 is 4.74 Å². The van der Waals surface area contributed by atoms with E-state index in [1.165, 1.54) is 0 Å². The third-order valence-corrected chi connectivity index (χ3v) is 3.02. The molecular weight excluding hydrogens is 302 g/mol. The summed E-state index contributed by atoms with van der Waals surface area (Å²) in [6.07, 6.45) is 3.44.